The quantitative estimate of drug-likeness (QED) is 0.488. The molecule has 7 heavy (non-hydrogen) atoms. The normalized spacial score (nSPS) is 38.6. The van der Waals surface area contributed by atoms with E-state index < -0.39 is 0 Å². The van der Waals surface area contributed by atoms with Crippen LogP contribution in [0.3, 0.4) is 0 Å². The van der Waals surface area contributed by atoms with Crippen molar-refractivity contribution in [2.75, 3.05) is 5.88 Å². The molecule has 0 aliphatic heterocycles. The van der Waals surface area contributed by atoms with E-state index in [0.29, 0.717) is 0 Å². The molecule has 1 saturated carbocycles. The van der Waals surface area contributed by atoms with Crippen LogP contribution >= 0.6 is 11.6 Å². The second-order valence-corrected chi connectivity index (χ2v) is 2.63. The van der Waals surface area contributed by atoms with Crippen LogP contribution in [0.5, 0.6) is 0 Å². The number of hydrogen-bond donors (Lipinski definition) is 0. The molecule has 0 aromatic rings. The van der Waals surface area contributed by atoms with Gasteiger partial charge in [-0.25, -0.2) is 0 Å². The third-order valence-corrected chi connectivity index (χ3v) is 2.19. The lowest BCUT2D eigenvalue weighted by molar-refractivity contribution is 0.727. The smallest absolute Gasteiger partial charge is 0.0254 e. The summed E-state index contributed by atoms with van der Waals surface area (Å²) in [5.41, 5.74) is 0. The van der Waals surface area contributed by atoms with Crippen LogP contribution in [0.4, 0.5) is 0 Å². The van der Waals surface area contributed by atoms with Crippen molar-refractivity contribution in [3.63, 3.8) is 0 Å². The van der Waals surface area contributed by atoms with Gasteiger partial charge in [0.05, 0.1) is 0 Å². The van der Waals surface area contributed by atoms with Gasteiger partial charge in [-0.15, -0.1) is 11.6 Å². The summed E-state index contributed by atoms with van der Waals surface area (Å²) in [6, 6.07) is 0. The van der Waals surface area contributed by atoms with E-state index in [1.54, 1.807) is 0 Å². The van der Waals surface area contributed by atoms with Crippen LogP contribution < -0.4 is 0 Å². The van der Waals surface area contributed by atoms with Gasteiger partial charge in [-0.3, -0.25) is 0 Å². The average molecular weight is 119 g/mol. The summed E-state index contributed by atoms with van der Waals surface area (Å²) in [7, 11) is 0. The first kappa shape index (κ1) is 5.43. The summed E-state index contributed by atoms with van der Waals surface area (Å²) < 4.78 is 0. The maximum atomic E-state index is 5.57. The summed E-state index contributed by atoms with van der Waals surface area (Å²) in [6.07, 6.45) is 2.72. The molecule has 0 spiro atoms. The first-order valence-corrected chi connectivity index (χ1v) is 3.48. The molecule has 0 bridgehead atoms. The fourth-order valence-electron chi connectivity index (χ4n) is 0.999. The zero-order valence-electron chi connectivity index (χ0n) is 4.65. The third-order valence-electron chi connectivity index (χ3n) is 1.79. The summed E-state index contributed by atoms with van der Waals surface area (Å²) >= 11 is 5.57. The van der Waals surface area contributed by atoms with Crippen molar-refractivity contribution in [1.29, 1.82) is 0 Å². The Hall–Kier alpha value is 0.290. The molecule has 1 aliphatic rings. The zero-order valence-corrected chi connectivity index (χ0v) is 5.41. The lowest BCUT2D eigenvalue weighted by Gasteiger charge is -1.83. The minimum absolute atomic E-state index is 0.881. The van der Waals surface area contributed by atoms with Gasteiger partial charge in [0, 0.05) is 5.88 Å². The molecule has 2 unspecified atom stereocenters. The Morgan fingerprint density at radius 3 is 2.43 bits per heavy atom. The molecule has 1 heteroatoms. The molecule has 0 radical (unpaired) electrons. The maximum Gasteiger partial charge on any atom is 0.0254 e. The number of rotatable bonds is 2. The average Bonchev–Trinajstić information content (AvgIpc) is 2.43. The van der Waals surface area contributed by atoms with E-state index in [9.17, 15) is 0 Å². The Bertz CT molecular complexity index is 53.2. The van der Waals surface area contributed by atoms with E-state index in [-0.39, 0.29) is 0 Å². The monoisotopic (exact) mass is 118 g/mol. The fourth-order valence-corrected chi connectivity index (χ4v) is 1.38. The van der Waals surface area contributed by atoms with Crippen molar-refractivity contribution in [2.45, 2.75) is 19.8 Å². The minimum Gasteiger partial charge on any atom is -0.126 e. The van der Waals surface area contributed by atoms with E-state index >= 15 is 0 Å². The highest BCUT2D eigenvalue weighted by Crippen LogP contribution is 2.41. The van der Waals surface area contributed by atoms with Crippen LogP contribution in [0.15, 0.2) is 0 Å². The molecule has 1 rings (SSSR count). The van der Waals surface area contributed by atoms with Gasteiger partial charge in [0.2, 0.25) is 0 Å². The van der Waals surface area contributed by atoms with E-state index in [2.05, 4.69) is 6.92 Å². The Morgan fingerprint density at radius 1 is 1.57 bits per heavy atom. The number of hydrogen-bond acceptors (Lipinski definition) is 0. The van der Waals surface area contributed by atoms with E-state index in [4.69, 9.17) is 11.6 Å². The molecular weight excluding hydrogens is 108 g/mol. The topological polar surface area (TPSA) is 0 Å². The lowest BCUT2D eigenvalue weighted by atomic mass is 10.3. The minimum atomic E-state index is 0.881. The highest BCUT2D eigenvalue weighted by molar-refractivity contribution is 6.18. The van der Waals surface area contributed by atoms with Crippen LogP contribution in [0, 0.1) is 11.8 Å². The van der Waals surface area contributed by atoms with Gasteiger partial charge >= 0.3 is 0 Å². The van der Waals surface area contributed by atoms with Crippen molar-refractivity contribution in [3.8, 4) is 0 Å². The summed E-state index contributed by atoms with van der Waals surface area (Å²) in [5, 5.41) is 0. The van der Waals surface area contributed by atoms with Gasteiger partial charge in [-0.05, 0) is 18.3 Å². The summed E-state index contributed by atoms with van der Waals surface area (Å²) in [4.78, 5) is 0. The molecule has 0 aromatic carbocycles. The molecule has 1 aliphatic carbocycles. The molecule has 0 heterocycles. The highest BCUT2D eigenvalue weighted by Gasteiger charge is 2.33. The molecule has 0 nitrogen and oxygen atoms in total. The summed E-state index contributed by atoms with van der Waals surface area (Å²) in [6.45, 7) is 2.23. The van der Waals surface area contributed by atoms with Gasteiger partial charge < -0.3 is 0 Å². The van der Waals surface area contributed by atoms with E-state index in [1.807, 2.05) is 0 Å². The van der Waals surface area contributed by atoms with Crippen LogP contribution in [0.1, 0.15) is 19.8 Å². The number of halogens is 1. The second kappa shape index (κ2) is 2.04. The molecule has 0 amide bonds. The van der Waals surface area contributed by atoms with E-state index in [1.165, 1.54) is 12.8 Å². The molecule has 0 aromatic heterocycles. The van der Waals surface area contributed by atoms with Crippen LogP contribution in [-0.4, -0.2) is 5.88 Å². The fraction of sp³-hybridized carbons (Fsp3) is 1.00. The van der Waals surface area contributed by atoms with Crippen molar-refractivity contribution < 1.29 is 0 Å². The standard InChI is InChI=1S/C6H11Cl/c1-2-5-3-6(5)4-7/h5-6H,2-4H2,1H3. The van der Waals surface area contributed by atoms with E-state index in [0.717, 1.165) is 17.7 Å². The summed E-state index contributed by atoms with van der Waals surface area (Å²) in [5.74, 6) is 2.75. The van der Waals surface area contributed by atoms with Crippen molar-refractivity contribution >= 4 is 11.6 Å². The van der Waals surface area contributed by atoms with Crippen molar-refractivity contribution in [1.82, 2.24) is 0 Å². The first-order chi connectivity index (χ1) is 3.38. The van der Waals surface area contributed by atoms with Crippen LogP contribution in [-0.2, 0) is 0 Å². The highest BCUT2D eigenvalue weighted by atomic mass is 35.5. The third kappa shape index (κ3) is 1.09. The van der Waals surface area contributed by atoms with Gasteiger partial charge in [0.15, 0.2) is 0 Å². The lowest BCUT2D eigenvalue weighted by Crippen LogP contribution is -1.78. The Labute approximate surface area is 49.9 Å². The van der Waals surface area contributed by atoms with Gasteiger partial charge in [0.1, 0.15) is 0 Å². The Morgan fingerprint density at radius 2 is 2.29 bits per heavy atom. The largest absolute Gasteiger partial charge is 0.126 e. The Kier molecular flexibility index (Phi) is 1.58. The SMILES string of the molecule is CCC1CC1CCl. The predicted octanol–water partition coefficient (Wildman–Crippen LogP) is 2.27. The van der Waals surface area contributed by atoms with Gasteiger partial charge in [-0.1, -0.05) is 13.3 Å². The second-order valence-electron chi connectivity index (χ2n) is 2.32. The molecule has 0 N–H and O–H groups in total. The molecule has 0 saturated heterocycles. The van der Waals surface area contributed by atoms with Crippen LogP contribution in [0.2, 0.25) is 0 Å². The van der Waals surface area contributed by atoms with Gasteiger partial charge in [0.25, 0.3) is 0 Å². The molecule has 2 atom stereocenters. The molecule has 42 valence electrons. The molecule has 1 fully saturated rings. The first-order valence-electron chi connectivity index (χ1n) is 2.94. The Balaban J connectivity index is 2.06. The van der Waals surface area contributed by atoms with Crippen molar-refractivity contribution in [2.24, 2.45) is 11.8 Å². The molecular formula is C6H11Cl. The predicted molar refractivity (Wildman–Crippen MR) is 32.6 cm³/mol. The maximum absolute atomic E-state index is 5.57. The van der Waals surface area contributed by atoms with Crippen LogP contribution in [0.25, 0.3) is 0 Å². The van der Waals surface area contributed by atoms with Gasteiger partial charge in [-0.2, -0.15) is 0 Å². The van der Waals surface area contributed by atoms with Crippen molar-refractivity contribution in [3.05, 3.63) is 0 Å². The number of alkyl halides is 1. The zero-order chi connectivity index (χ0) is 5.28.